The van der Waals surface area contributed by atoms with Crippen LogP contribution in [-0.2, 0) is 0 Å². The minimum absolute atomic E-state index is 0.274. The van der Waals surface area contributed by atoms with E-state index in [1.54, 1.807) is 6.07 Å². The molecule has 3 nitrogen and oxygen atoms in total. The standard InChI is InChI=1S/C16H16F2N2OS/c1-2-21-15-11-13(12-7-4-3-5-8-12)19-16(20-15)22-10-6-9-14(17)18/h3-5,7-9,11H,2,6,10H2,1H3. The summed E-state index contributed by atoms with van der Waals surface area (Å²) < 4.78 is 29.5. The summed E-state index contributed by atoms with van der Waals surface area (Å²) in [6, 6.07) is 11.5. The van der Waals surface area contributed by atoms with Gasteiger partial charge >= 0.3 is 0 Å². The number of aromatic nitrogens is 2. The Morgan fingerprint density at radius 3 is 2.68 bits per heavy atom. The van der Waals surface area contributed by atoms with Crippen LogP contribution in [0.1, 0.15) is 13.3 Å². The van der Waals surface area contributed by atoms with Gasteiger partial charge < -0.3 is 4.74 Å². The van der Waals surface area contributed by atoms with Gasteiger partial charge in [-0.1, -0.05) is 42.1 Å². The van der Waals surface area contributed by atoms with E-state index in [0.29, 0.717) is 23.4 Å². The molecule has 2 aromatic rings. The first-order valence-electron chi connectivity index (χ1n) is 6.90. The topological polar surface area (TPSA) is 35.0 Å². The Morgan fingerprint density at radius 2 is 2.00 bits per heavy atom. The Hall–Kier alpha value is -1.95. The van der Waals surface area contributed by atoms with E-state index in [9.17, 15) is 8.78 Å². The van der Waals surface area contributed by atoms with Crippen molar-refractivity contribution in [2.24, 2.45) is 0 Å². The second-order valence-corrected chi connectivity index (χ2v) is 5.37. The maximum absolute atomic E-state index is 12.0. The van der Waals surface area contributed by atoms with Gasteiger partial charge in [0.15, 0.2) is 5.16 Å². The Labute approximate surface area is 132 Å². The number of allylic oxidation sites excluding steroid dienone is 1. The fraction of sp³-hybridized carbons (Fsp3) is 0.250. The Balaban J connectivity index is 2.18. The molecular formula is C16H16F2N2OS. The van der Waals surface area contributed by atoms with Crippen molar-refractivity contribution in [1.82, 2.24) is 9.97 Å². The van der Waals surface area contributed by atoms with E-state index in [1.807, 2.05) is 37.3 Å². The lowest BCUT2D eigenvalue weighted by molar-refractivity contribution is 0.323. The maximum Gasteiger partial charge on any atom is 0.266 e. The molecule has 0 spiro atoms. The number of nitrogens with zero attached hydrogens (tertiary/aromatic N) is 2. The molecule has 0 saturated carbocycles. The lowest BCUT2D eigenvalue weighted by atomic mass is 10.1. The summed E-state index contributed by atoms with van der Waals surface area (Å²) in [7, 11) is 0. The first-order chi connectivity index (χ1) is 10.7. The van der Waals surface area contributed by atoms with Gasteiger partial charge in [0.2, 0.25) is 5.88 Å². The van der Waals surface area contributed by atoms with Crippen LogP contribution >= 0.6 is 11.8 Å². The number of hydrogen-bond donors (Lipinski definition) is 0. The van der Waals surface area contributed by atoms with Gasteiger partial charge in [-0.2, -0.15) is 13.8 Å². The highest BCUT2D eigenvalue weighted by molar-refractivity contribution is 7.99. The van der Waals surface area contributed by atoms with Crippen molar-refractivity contribution < 1.29 is 13.5 Å². The maximum atomic E-state index is 12.0. The summed E-state index contributed by atoms with van der Waals surface area (Å²) >= 11 is 1.33. The van der Waals surface area contributed by atoms with Crippen molar-refractivity contribution in [3.8, 4) is 17.1 Å². The monoisotopic (exact) mass is 322 g/mol. The van der Waals surface area contributed by atoms with Crippen LogP contribution < -0.4 is 4.74 Å². The number of thioether (sulfide) groups is 1. The average Bonchev–Trinajstić information content (AvgIpc) is 2.52. The van der Waals surface area contributed by atoms with Crippen LogP contribution in [0.4, 0.5) is 8.78 Å². The molecule has 0 aliphatic rings. The van der Waals surface area contributed by atoms with Crippen LogP contribution in [0.15, 0.2) is 53.7 Å². The smallest absolute Gasteiger partial charge is 0.266 e. The summed E-state index contributed by atoms with van der Waals surface area (Å²) in [5, 5.41) is 0.525. The largest absolute Gasteiger partial charge is 0.478 e. The molecule has 22 heavy (non-hydrogen) atoms. The van der Waals surface area contributed by atoms with Gasteiger partial charge in [0, 0.05) is 17.4 Å². The Bertz CT molecular complexity index is 631. The Kier molecular flexibility index (Phi) is 6.33. The molecule has 0 fully saturated rings. The molecule has 6 heteroatoms. The number of halogens is 2. The predicted octanol–water partition coefficient (Wildman–Crippen LogP) is 4.80. The second kappa shape index (κ2) is 8.48. The number of rotatable bonds is 7. The van der Waals surface area contributed by atoms with Gasteiger partial charge in [0.25, 0.3) is 6.08 Å². The average molecular weight is 322 g/mol. The molecule has 116 valence electrons. The van der Waals surface area contributed by atoms with Gasteiger partial charge in [-0.3, -0.25) is 0 Å². The highest BCUT2D eigenvalue weighted by Crippen LogP contribution is 2.25. The lowest BCUT2D eigenvalue weighted by Gasteiger charge is -2.08. The predicted molar refractivity (Wildman–Crippen MR) is 84.3 cm³/mol. The molecule has 0 amide bonds. The minimum Gasteiger partial charge on any atom is -0.478 e. The van der Waals surface area contributed by atoms with E-state index in [2.05, 4.69) is 9.97 Å². The van der Waals surface area contributed by atoms with E-state index in [1.165, 1.54) is 11.8 Å². The van der Waals surface area contributed by atoms with Gasteiger partial charge in [0.05, 0.1) is 12.3 Å². The molecule has 1 aromatic heterocycles. The quantitative estimate of drug-likeness (QED) is 0.416. The van der Waals surface area contributed by atoms with Gasteiger partial charge in [0.1, 0.15) is 0 Å². The van der Waals surface area contributed by atoms with Crippen molar-refractivity contribution in [3.05, 3.63) is 48.6 Å². The van der Waals surface area contributed by atoms with Crippen LogP contribution in [-0.4, -0.2) is 22.3 Å². The molecule has 1 heterocycles. The Morgan fingerprint density at radius 1 is 1.23 bits per heavy atom. The second-order valence-electron chi connectivity index (χ2n) is 4.30. The third kappa shape index (κ3) is 5.11. The fourth-order valence-corrected chi connectivity index (χ4v) is 2.50. The van der Waals surface area contributed by atoms with Crippen LogP contribution in [0.2, 0.25) is 0 Å². The van der Waals surface area contributed by atoms with Crippen LogP contribution in [0.5, 0.6) is 5.88 Å². The molecular weight excluding hydrogens is 306 g/mol. The van der Waals surface area contributed by atoms with Crippen molar-refractivity contribution in [2.75, 3.05) is 12.4 Å². The SMILES string of the molecule is CCOc1cc(-c2ccccc2)nc(SCCC=C(F)F)n1. The van der Waals surface area contributed by atoms with Gasteiger partial charge in [-0.25, -0.2) is 4.98 Å². The summed E-state index contributed by atoms with van der Waals surface area (Å²) in [6.07, 6.45) is -0.484. The third-order valence-corrected chi connectivity index (χ3v) is 3.57. The summed E-state index contributed by atoms with van der Waals surface area (Å²) in [5.74, 6) is 0.979. The van der Waals surface area contributed by atoms with E-state index in [0.717, 1.165) is 17.3 Å². The van der Waals surface area contributed by atoms with Gasteiger partial charge in [-0.15, -0.1) is 0 Å². The van der Waals surface area contributed by atoms with Crippen LogP contribution in [0.3, 0.4) is 0 Å². The summed E-state index contributed by atoms with van der Waals surface area (Å²) in [4.78, 5) is 8.75. The molecule has 0 aliphatic carbocycles. The summed E-state index contributed by atoms with van der Waals surface area (Å²) in [6.45, 7) is 2.39. The molecule has 0 bridgehead atoms. The normalized spacial score (nSPS) is 10.3. The molecule has 2 rings (SSSR count). The number of ether oxygens (including phenoxy) is 1. The van der Waals surface area contributed by atoms with Crippen LogP contribution in [0.25, 0.3) is 11.3 Å². The van der Waals surface area contributed by atoms with Gasteiger partial charge in [-0.05, 0) is 19.4 Å². The molecule has 0 atom stereocenters. The highest BCUT2D eigenvalue weighted by Gasteiger charge is 2.08. The summed E-state index contributed by atoms with van der Waals surface area (Å²) in [5.41, 5.74) is 1.72. The van der Waals surface area contributed by atoms with E-state index in [-0.39, 0.29) is 6.42 Å². The van der Waals surface area contributed by atoms with Crippen molar-refractivity contribution in [1.29, 1.82) is 0 Å². The molecule has 1 aromatic carbocycles. The zero-order chi connectivity index (χ0) is 15.8. The first kappa shape index (κ1) is 16.4. The number of hydrogen-bond acceptors (Lipinski definition) is 4. The molecule has 0 unspecified atom stereocenters. The first-order valence-corrected chi connectivity index (χ1v) is 7.89. The fourth-order valence-electron chi connectivity index (χ4n) is 1.77. The highest BCUT2D eigenvalue weighted by atomic mass is 32.2. The molecule has 0 saturated heterocycles. The zero-order valence-corrected chi connectivity index (χ0v) is 12.9. The van der Waals surface area contributed by atoms with E-state index >= 15 is 0 Å². The molecule has 0 N–H and O–H groups in total. The van der Waals surface area contributed by atoms with Crippen LogP contribution in [0, 0.1) is 0 Å². The van der Waals surface area contributed by atoms with Crippen molar-refractivity contribution in [2.45, 2.75) is 18.5 Å². The minimum atomic E-state index is -1.66. The van der Waals surface area contributed by atoms with E-state index in [4.69, 9.17) is 4.74 Å². The lowest BCUT2D eigenvalue weighted by Crippen LogP contribution is -1.99. The number of benzene rings is 1. The molecule has 0 aliphatic heterocycles. The van der Waals surface area contributed by atoms with Crippen molar-refractivity contribution >= 4 is 11.8 Å². The molecule has 0 radical (unpaired) electrons. The zero-order valence-electron chi connectivity index (χ0n) is 12.1. The third-order valence-electron chi connectivity index (χ3n) is 2.69. The van der Waals surface area contributed by atoms with Crippen molar-refractivity contribution in [3.63, 3.8) is 0 Å². The van der Waals surface area contributed by atoms with E-state index < -0.39 is 6.08 Å².